The molecule has 1 aliphatic carbocycles. The van der Waals surface area contributed by atoms with Crippen LogP contribution in [0, 0.1) is 0 Å². The van der Waals surface area contributed by atoms with Gasteiger partial charge in [0.2, 0.25) is 0 Å². The first-order valence-electron chi connectivity index (χ1n) is 6.83. The van der Waals surface area contributed by atoms with Crippen molar-refractivity contribution in [3.05, 3.63) is 76.9 Å². The summed E-state index contributed by atoms with van der Waals surface area (Å²) in [5.74, 6) is 4.48. The Bertz CT molecular complexity index is 671. The summed E-state index contributed by atoms with van der Waals surface area (Å²) >= 11 is 0. The van der Waals surface area contributed by atoms with Crippen LogP contribution in [0.1, 0.15) is 22.3 Å². The summed E-state index contributed by atoms with van der Waals surface area (Å²) in [6, 6.07) is 16.0. The molecule has 0 aromatic heterocycles. The Balaban J connectivity index is 2.23. The van der Waals surface area contributed by atoms with E-state index < -0.39 is 5.91 Å². The van der Waals surface area contributed by atoms with Gasteiger partial charge in [0.15, 0.2) is 0 Å². The minimum Gasteiger partial charge on any atom is -0.270 e. The number of carbonyl (C=O) groups excluding carboxylic acids is 1. The molecule has 0 radical (unpaired) electrons. The van der Waals surface area contributed by atoms with E-state index in [1.807, 2.05) is 36.4 Å². The van der Waals surface area contributed by atoms with Crippen LogP contribution in [0.3, 0.4) is 0 Å². The Morgan fingerprint density at radius 2 is 1.48 bits per heavy atom. The molecule has 1 aliphatic rings. The van der Waals surface area contributed by atoms with Crippen LogP contribution in [0.5, 0.6) is 0 Å². The van der Waals surface area contributed by atoms with Crippen LogP contribution in [-0.2, 0) is 17.6 Å². The molecule has 1 amide bonds. The molecule has 4 heteroatoms. The molecule has 2 aromatic rings. The number of hydrazine groups is 1. The number of hydrogen-bond acceptors (Lipinski definition) is 3. The van der Waals surface area contributed by atoms with Crippen molar-refractivity contribution in [2.45, 2.75) is 12.8 Å². The first-order valence-corrected chi connectivity index (χ1v) is 6.83. The van der Waals surface area contributed by atoms with Gasteiger partial charge in [0.25, 0.3) is 5.91 Å². The van der Waals surface area contributed by atoms with Gasteiger partial charge in [-0.05, 0) is 40.7 Å². The van der Waals surface area contributed by atoms with Gasteiger partial charge >= 0.3 is 0 Å². The second-order valence-electron chi connectivity index (χ2n) is 5.06. The van der Waals surface area contributed by atoms with Gasteiger partial charge in [0.05, 0.1) is 0 Å². The van der Waals surface area contributed by atoms with E-state index >= 15 is 0 Å². The molecule has 21 heavy (non-hydrogen) atoms. The summed E-state index contributed by atoms with van der Waals surface area (Å²) in [5.41, 5.74) is 5.20. The molecule has 0 aliphatic heterocycles. The van der Waals surface area contributed by atoms with Gasteiger partial charge in [-0.15, -0.1) is 5.17 Å². The van der Waals surface area contributed by atoms with E-state index in [1.54, 1.807) is 0 Å². The summed E-state index contributed by atoms with van der Waals surface area (Å²) in [6.07, 6.45) is 3.23. The Morgan fingerprint density at radius 1 is 1.00 bits per heavy atom. The van der Waals surface area contributed by atoms with Crippen molar-refractivity contribution < 1.29 is 10.0 Å². The highest BCUT2D eigenvalue weighted by atomic mass is 16.5. The third-order valence-electron chi connectivity index (χ3n) is 3.77. The first kappa shape index (κ1) is 13.5. The lowest BCUT2D eigenvalue weighted by molar-refractivity contribution is -0.160. The number of benzene rings is 2. The molecule has 0 unspecified atom stereocenters. The molecule has 106 valence electrons. The van der Waals surface area contributed by atoms with Crippen LogP contribution in [0.15, 0.2) is 54.6 Å². The molecule has 2 aromatic carbocycles. The number of rotatable bonds is 1. The third kappa shape index (κ3) is 2.59. The second kappa shape index (κ2) is 5.52. The van der Waals surface area contributed by atoms with E-state index in [9.17, 15) is 4.79 Å². The van der Waals surface area contributed by atoms with Crippen molar-refractivity contribution in [2.24, 2.45) is 5.84 Å². The van der Waals surface area contributed by atoms with Gasteiger partial charge < -0.3 is 0 Å². The Labute approximate surface area is 123 Å². The van der Waals surface area contributed by atoms with Crippen LogP contribution in [0.25, 0.3) is 5.57 Å². The molecular weight excluding hydrogens is 264 g/mol. The normalized spacial score (nSPS) is 13.0. The van der Waals surface area contributed by atoms with E-state index in [-0.39, 0.29) is 5.17 Å². The molecule has 0 spiro atoms. The number of carbonyl (C=O) groups is 1. The minimum absolute atomic E-state index is 0.114. The first-order chi connectivity index (χ1) is 10.2. The summed E-state index contributed by atoms with van der Waals surface area (Å²) in [4.78, 5) is 11.8. The fourth-order valence-corrected chi connectivity index (χ4v) is 2.76. The van der Waals surface area contributed by atoms with Crippen LogP contribution in [-0.4, -0.2) is 16.3 Å². The van der Waals surface area contributed by atoms with Crippen LogP contribution in [0.4, 0.5) is 0 Å². The average Bonchev–Trinajstić information content (AvgIpc) is 2.65. The maximum atomic E-state index is 11.8. The monoisotopic (exact) mass is 280 g/mol. The molecule has 0 atom stereocenters. The van der Waals surface area contributed by atoms with E-state index in [0.29, 0.717) is 0 Å². The average molecular weight is 280 g/mol. The van der Waals surface area contributed by atoms with Crippen LogP contribution >= 0.6 is 0 Å². The molecule has 0 saturated heterocycles. The number of aryl methyl sites for hydroxylation is 2. The highest BCUT2D eigenvalue weighted by Crippen LogP contribution is 2.33. The summed E-state index contributed by atoms with van der Waals surface area (Å²) in [7, 11) is 0. The highest BCUT2D eigenvalue weighted by Gasteiger charge is 2.19. The van der Waals surface area contributed by atoms with Gasteiger partial charge in [-0.25, -0.2) is 5.84 Å². The molecule has 0 fully saturated rings. The van der Waals surface area contributed by atoms with Gasteiger partial charge in [0, 0.05) is 6.08 Å². The molecule has 3 N–H and O–H groups in total. The van der Waals surface area contributed by atoms with Crippen LogP contribution < -0.4 is 5.84 Å². The number of hydrogen-bond donors (Lipinski definition) is 2. The standard InChI is InChI=1S/C17H16N2O2/c18-19(21)17(20)11-16-14-7-3-1-5-12(14)9-10-13-6-2-4-8-15(13)16/h1-8,11,21H,9-10,18H2. The maximum Gasteiger partial charge on any atom is 0.285 e. The third-order valence-corrected chi connectivity index (χ3v) is 3.77. The predicted molar refractivity (Wildman–Crippen MR) is 80.2 cm³/mol. The lowest BCUT2D eigenvalue weighted by atomic mass is 9.94. The van der Waals surface area contributed by atoms with Gasteiger partial charge in [0.1, 0.15) is 0 Å². The lowest BCUT2D eigenvalue weighted by Crippen LogP contribution is -2.32. The Kier molecular flexibility index (Phi) is 3.56. The number of fused-ring (bicyclic) bond motifs is 2. The van der Waals surface area contributed by atoms with Crippen molar-refractivity contribution in [3.63, 3.8) is 0 Å². The number of nitrogens with two attached hydrogens (primary N) is 1. The number of hydroxylamine groups is 1. The zero-order chi connectivity index (χ0) is 14.8. The molecular formula is C17H16N2O2. The largest absolute Gasteiger partial charge is 0.285 e. The topological polar surface area (TPSA) is 66.6 Å². The lowest BCUT2D eigenvalue weighted by Gasteiger charge is -2.12. The Morgan fingerprint density at radius 3 is 1.95 bits per heavy atom. The summed E-state index contributed by atoms with van der Waals surface area (Å²) in [6.45, 7) is 0. The van der Waals surface area contributed by atoms with E-state index in [4.69, 9.17) is 11.0 Å². The van der Waals surface area contributed by atoms with Crippen molar-refractivity contribution in [1.82, 2.24) is 5.17 Å². The van der Waals surface area contributed by atoms with Gasteiger partial charge in [-0.1, -0.05) is 48.5 Å². The maximum absolute atomic E-state index is 11.8. The van der Waals surface area contributed by atoms with Crippen molar-refractivity contribution in [1.29, 1.82) is 0 Å². The van der Waals surface area contributed by atoms with Crippen molar-refractivity contribution >= 4 is 11.5 Å². The minimum atomic E-state index is -0.642. The Hall–Kier alpha value is -2.43. The predicted octanol–water partition coefficient (Wildman–Crippen LogP) is 2.31. The molecule has 4 nitrogen and oxygen atoms in total. The van der Waals surface area contributed by atoms with Crippen molar-refractivity contribution in [2.75, 3.05) is 0 Å². The fraction of sp³-hybridized carbons (Fsp3) is 0.118. The SMILES string of the molecule is NN(O)C(=O)C=C1c2ccccc2CCc2ccccc21. The van der Waals surface area contributed by atoms with Gasteiger partial charge in [-0.2, -0.15) is 0 Å². The number of amides is 1. The van der Waals surface area contributed by atoms with E-state index in [0.717, 1.165) is 29.5 Å². The summed E-state index contributed by atoms with van der Waals surface area (Å²) < 4.78 is 0. The molecule has 3 rings (SSSR count). The fourth-order valence-electron chi connectivity index (χ4n) is 2.76. The second-order valence-corrected chi connectivity index (χ2v) is 5.06. The van der Waals surface area contributed by atoms with E-state index in [2.05, 4.69) is 12.1 Å². The van der Waals surface area contributed by atoms with E-state index in [1.165, 1.54) is 17.2 Å². The molecule has 0 saturated carbocycles. The molecule has 0 heterocycles. The van der Waals surface area contributed by atoms with Crippen LogP contribution in [0.2, 0.25) is 0 Å². The zero-order valence-electron chi connectivity index (χ0n) is 11.5. The zero-order valence-corrected chi connectivity index (χ0v) is 11.5. The highest BCUT2D eigenvalue weighted by molar-refractivity contribution is 5.99. The number of nitrogens with zero attached hydrogens (tertiary/aromatic N) is 1. The van der Waals surface area contributed by atoms with Crippen molar-refractivity contribution in [3.8, 4) is 0 Å². The quantitative estimate of drug-likeness (QED) is 0.277. The molecule has 0 bridgehead atoms. The smallest absolute Gasteiger partial charge is 0.270 e. The summed E-state index contributed by atoms with van der Waals surface area (Å²) in [5, 5.41) is 9.25. The van der Waals surface area contributed by atoms with Gasteiger partial charge in [-0.3, -0.25) is 10.0 Å².